The normalized spacial score (nSPS) is 11.0. The van der Waals surface area contributed by atoms with Crippen molar-refractivity contribution in [3.8, 4) is 0 Å². The van der Waals surface area contributed by atoms with Crippen LogP contribution < -0.4 is 10.6 Å². The van der Waals surface area contributed by atoms with E-state index in [1.807, 2.05) is 37.6 Å². The number of hydrogen-bond donors (Lipinski definition) is 3. The van der Waals surface area contributed by atoms with Crippen molar-refractivity contribution in [1.82, 2.24) is 25.4 Å². The van der Waals surface area contributed by atoms with E-state index in [-0.39, 0.29) is 24.0 Å². The van der Waals surface area contributed by atoms with Gasteiger partial charge in [-0.05, 0) is 19.1 Å². The summed E-state index contributed by atoms with van der Waals surface area (Å²) in [6.45, 7) is 4.47. The van der Waals surface area contributed by atoms with E-state index in [0.717, 1.165) is 30.3 Å². The lowest BCUT2D eigenvalue weighted by molar-refractivity contribution is 0.665. The third kappa shape index (κ3) is 4.87. The lowest BCUT2D eigenvalue weighted by atomic mass is 10.3. The van der Waals surface area contributed by atoms with E-state index in [2.05, 4.69) is 30.4 Å². The van der Waals surface area contributed by atoms with Crippen molar-refractivity contribution in [2.24, 2.45) is 4.99 Å². The monoisotopic (exact) mass is 388 g/mol. The number of hydrogen-bond acceptors (Lipinski definition) is 2. The first-order chi connectivity index (χ1) is 9.29. The van der Waals surface area contributed by atoms with Gasteiger partial charge >= 0.3 is 0 Å². The number of aliphatic imine (C=N–C) groups is 1. The fraction of sp³-hybridized carbons (Fsp3) is 0.385. The van der Waals surface area contributed by atoms with E-state index in [0.29, 0.717) is 6.54 Å². The second kappa shape index (κ2) is 8.62. The minimum Gasteiger partial charge on any atom is -0.355 e. The summed E-state index contributed by atoms with van der Waals surface area (Å²) in [6, 6.07) is 4.05. The molecule has 0 saturated heterocycles. The van der Waals surface area contributed by atoms with E-state index in [1.54, 1.807) is 7.05 Å². The third-order valence-electron chi connectivity index (χ3n) is 2.93. The maximum atomic E-state index is 4.19. The number of aromatic amines is 1. The maximum absolute atomic E-state index is 4.19. The number of guanidine groups is 1. The Hall–Kier alpha value is -1.51. The van der Waals surface area contributed by atoms with Crippen LogP contribution >= 0.6 is 24.0 Å². The highest BCUT2D eigenvalue weighted by molar-refractivity contribution is 14.0. The summed E-state index contributed by atoms with van der Waals surface area (Å²) in [5, 5.41) is 13.5. The highest BCUT2D eigenvalue weighted by atomic mass is 127. The molecule has 6 nitrogen and oxygen atoms in total. The number of aryl methyl sites for hydroxylation is 1. The highest BCUT2D eigenvalue weighted by Crippen LogP contribution is 2.00. The van der Waals surface area contributed by atoms with Crippen molar-refractivity contribution >= 4 is 29.9 Å². The zero-order chi connectivity index (χ0) is 13.5. The summed E-state index contributed by atoms with van der Waals surface area (Å²) in [5.41, 5.74) is 2.23. The van der Waals surface area contributed by atoms with Gasteiger partial charge in [0, 0.05) is 50.3 Å². The zero-order valence-electron chi connectivity index (χ0n) is 11.8. The summed E-state index contributed by atoms with van der Waals surface area (Å²) in [4.78, 5) is 4.19. The van der Waals surface area contributed by atoms with Crippen LogP contribution in [0.2, 0.25) is 0 Å². The average Bonchev–Trinajstić information content (AvgIpc) is 3.05. The number of aromatic nitrogens is 3. The quantitative estimate of drug-likeness (QED) is 0.413. The Kier molecular flexibility index (Phi) is 7.13. The topological polar surface area (TPSA) is 70.0 Å². The minimum atomic E-state index is 0. The Morgan fingerprint density at radius 3 is 2.70 bits per heavy atom. The van der Waals surface area contributed by atoms with Crippen LogP contribution in [0.1, 0.15) is 11.3 Å². The smallest absolute Gasteiger partial charge is 0.191 e. The van der Waals surface area contributed by atoms with Crippen molar-refractivity contribution in [2.45, 2.75) is 20.0 Å². The molecular weight excluding hydrogens is 367 g/mol. The first kappa shape index (κ1) is 16.5. The molecule has 0 amide bonds. The Labute approximate surface area is 136 Å². The maximum Gasteiger partial charge on any atom is 0.191 e. The molecular formula is C13H21IN6. The zero-order valence-corrected chi connectivity index (χ0v) is 14.1. The van der Waals surface area contributed by atoms with Crippen molar-refractivity contribution in [2.75, 3.05) is 13.6 Å². The number of nitrogens with one attached hydrogen (secondary N) is 3. The Morgan fingerprint density at radius 1 is 1.35 bits per heavy atom. The Morgan fingerprint density at radius 2 is 2.10 bits per heavy atom. The van der Waals surface area contributed by atoms with Crippen molar-refractivity contribution in [3.05, 3.63) is 42.0 Å². The van der Waals surface area contributed by atoms with Crippen LogP contribution in [0.5, 0.6) is 0 Å². The van der Waals surface area contributed by atoms with Crippen LogP contribution in [0.4, 0.5) is 0 Å². The van der Waals surface area contributed by atoms with Crippen LogP contribution in [0.15, 0.2) is 35.7 Å². The largest absolute Gasteiger partial charge is 0.355 e. The van der Waals surface area contributed by atoms with Crippen LogP contribution in [-0.2, 0) is 13.1 Å². The van der Waals surface area contributed by atoms with Crippen molar-refractivity contribution in [3.63, 3.8) is 0 Å². The third-order valence-corrected chi connectivity index (χ3v) is 2.93. The predicted octanol–water partition coefficient (Wildman–Crippen LogP) is 1.50. The molecule has 0 radical (unpaired) electrons. The second-order valence-electron chi connectivity index (χ2n) is 4.29. The molecule has 0 fully saturated rings. The first-order valence-electron chi connectivity index (χ1n) is 6.33. The van der Waals surface area contributed by atoms with Crippen molar-refractivity contribution in [1.29, 1.82) is 0 Å². The lowest BCUT2D eigenvalue weighted by Gasteiger charge is -2.11. The lowest BCUT2D eigenvalue weighted by Crippen LogP contribution is -2.38. The van der Waals surface area contributed by atoms with E-state index in [9.17, 15) is 0 Å². The molecule has 0 spiro atoms. The fourth-order valence-corrected chi connectivity index (χ4v) is 1.78. The van der Waals surface area contributed by atoms with Gasteiger partial charge in [-0.25, -0.2) is 0 Å². The first-order valence-corrected chi connectivity index (χ1v) is 6.33. The van der Waals surface area contributed by atoms with Gasteiger partial charge in [0.2, 0.25) is 0 Å². The molecule has 0 unspecified atom stereocenters. The van der Waals surface area contributed by atoms with Gasteiger partial charge in [-0.1, -0.05) is 0 Å². The predicted molar refractivity (Wildman–Crippen MR) is 91.4 cm³/mol. The molecule has 2 rings (SSSR count). The van der Waals surface area contributed by atoms with Gasteiger partial charge in [0.1, 0.15) is 0 Å². The molecule has 0 aliphatic rings. The van der Waals surface area contributed by atoms with Gasteiger partial charge in [0.15, 0.2) is 5.96 Å². The molecule has 110 valence electrons. The van der Waals surface area contributed by atoms with Gasteiger partial charge in [-0.15, -0.1) is 24.0 Å². The van der Waals surface area contributed by atoms with Crippen LogP contribution in [0.3, 0.4) is 0 Å². The van der Waals surface area contributed by atoms with Gasteiger partial charge in [0.25, 0.3) is 0 Å². The minimum absolute atomic E-state index is 0. The second-order valence-corrected chi connectivity index (χ2v) is 4.29. The molecule has 0 bridgehead atoms. The number of H-pyrrole nitrogens is 1. The summed E-state index contributed by atoms with van der Waals surface area (Å²) in [6.07, 6.45) is 5.93. The van der Waals surface area contributed by atoms with Crippen LogP contribution in [-0.4, -0.2) is 34.3 Å². The highest BCUT2D eigenvalue weighted by Gasteiger charge is 2.02. The Bertz CT molecular complexity index is 517. The Balaban J connectivity index is 0.00000200. The van der Waals surface area contributed by atoms with E-state index < -0.39 is 0 Å². The van der Waals surface area contributed by atoms with Crippen LogP contribution in [0, 0.1) is 6.92 Å². The molecule has 0 aromatic carbocycles. The van der Waals surface area contributed by atoms with Gasteiger partial charge in [-0.2, -0.15) is 5.10 Å². The SMILES string of the molecule is CN=C(NCCn1cccc1)NCc1cn[nH]c1C.I. The van der Waals surface area contributed by atoms with Crippen LogP contribution in [0.25, 0.3) is 0 Å². The fourth-order valence-electron chi connectivity index (χ4n) is 1.78. The molecule has 2 aromatic rings. The molecule has 0 atom stereocenters. The van der Waals surface area contributed by atoms with Crippen molar-refractivity contribution < 1.29 is 0 Å². The molecule has 2 heterocycles. The standard InChI is InChI=1S/C13H20N6.HI/c1-11-12(10-17-18-11)9-16-13(14-2)15-5-8-19-6-3-4-7-19;/h3-4,6-7,10H,5,8-9H2,1-2H3,(H,17,18)(H2,14,15,16);1H. The molecule has 0 aliphatic heterocycles. The molecule has 0 aliphatic carbocycles. The van der Waals surface area contributed by atoms with E-state index >= 15 is 0 Å². The van der Waals surface area contributed by atoms with E-state index in [1.165, 1.54) is 0 Å². The number of nitrogens with zero attached hydrogens (tertiary/aromatic N) is 3. The summed E-state index contributed by atoms with van der Waals surface area (Å²) < 4.78 is 2.13. The summed E-state index contributed by atoms with van der Waals surface area (Å²) >= 11 is 0. The van der Waals surface area contributed by atoms with E-state index in [4.69, 9.17) is 0 Å². The van der Waals surface area contributed by atoms with Gasteiger partial charge in [0.05, 0.1) is 6.20 Å². The molecule has 20 heavy (non-hydrogen) atoms. The molecule has 3 N–H and O–H groups in total. The number of halogens is 1. The average molecular weight is 388 g/mol. The summed E-state index contributed by atoms with van der Waals surface area (Å²) in [7, 11) is 1.77. The summed E-state index contributed by atoms with van der Waals surface area (Å²) in [5.74, 6) is 0.799. The molecule has 2 aromatic heterocycles. The number of rotatable bonds is 5. The van der Waals surface area contributed by atoms with Gasteiger partial charge < -0.3 is 15.2 Å². The van der Waals surface area contributed by atoms with Gasteiger partial charge in [-0.3, -0.25) is 10.1 Å². The molecule has 7 heteroatoms. The molecule has 0 saturated carbocycles.